The van der Waals surface area contributed by atoms with Gasteiger partial charge in [-0.15, -0.1) is 0 Å². The van der Waals surface area contributed by atoms with E-state index in [1.54, 1.807) is 57.2 Å². The second kappa shape index (κ2) is 8.26. The highest BCUT2D eigenvalue weighted by Gasteiger charge is 2.46. The molecule has 0 radical (unpaired) electrons. The number of carbonyl (C=O) groups is 3. The summed E-state index contributed by atoms with van der Waals surface area (Å²) in [4.78, 5) is 38.8. The van der Waals surface area contributed by atoms with E-state index in [4.69, 9.17) is 9.84 Å². The minimum atomic E-state index is -1.05. The first-order valence-electron chi connectivity index (χ1n) is 9.80. The predicted molar refractivity (Wildman–Crippen MR) is 114 cm³/mol. The third kappa shape index (κ3) is 4.17. The van der Waals surface area contributed by atoms with Gasteiger partial charge in [0.1, 0.15) is 5.75 Å². The number of carboxylic acids is 1. The summed E-state index contributed by atoms with van der Waals surface area (Å²) in [5.41, 5.74) is 0.586. The highest BCUT2D eigenvalue weighted by Crippen LogP contribution is 2.44. The molecular formula is C24H25NO6. The Morgan fingerprint density at radius 3 is 2.23 bits per heavy atom. The van der Waals surface area contributed by atoms with Crippen LogP contribution >= 0.6 is 0 Å². The summed E-state index contributed by atoms with van der Waals surface area (Å²) in [6, 6.07) is 12.3. The van der Waals surface area contributed by atoms with E-state index in [1.807, 2.05) is 0 Å². The number of hydrogen-bond acceptors (Lipinski definition) is 5. The normalized spacial score (nSPS) is 16.6. The van der Waals surface area contributed by atoms with E-state index in [0.717, 1.165) is 0 Å². The Morgan fingerprint density at radius 1 is 1.06 bits per heavy atom. The molecule has 0 saturated heterocycles. The van der Waals surface area contributed by atoms with E-state index < -0.39 is 29.1 Å². The van der Waals surface area contributed by atoms with E-state index in [9.17, 15) is 19.5 Å². The number of carboxylic acid groups (broad SMARTS) is 1. The number of aliphatic hydroxyl groups excluding tert-OH is 1. The quantitative estimate of drug-likeness (QED) is 0.730. The van der Waals surface area contributed by atoms with Gasteiger partial charge in [-0.05, 0) is 23.8 Å². The van der Waals surface area contributed by atoms with Crippen LogP contribution in [0.2, 0.25) is 0 Å². The zero-order valence-electron chi connectivity index (χ0n) is 17.9. The fourth-order valence-electron chi connectivity index (χ4n) is 3.62. The number of hydrogen-bond donors (Lipinski definition) is 2. The van der Waals surface area contributed by atoms with Crippen molar-refractivity contribution in [2.75, 3.05) is 7.11 Å². The molecule has 0 aliphatic carbocycles. The number of Topliss-reactive ketones (excluding diaryl/α,β-unsaturated/α-hetero) is 1. The number of methoxy groups -OCH3 is 1. The van der Waals surface area contributed by atoms with Gasteiger partial charge < -0.3 is 19.8 Å². The van der Waals surface area contributed by atoms with Crippen molar-refractivity contribution in [3.05, 3.63) is 76.6 Å². The Labute approximate surface area is 180 Å². The molecular weight excluding hydrogens is 398 g/mol. The molecule has 0 aromatic heterocycles. The van der Waals surface area contributed by atoms with Crippen LogP contribution in [0.15, 0.2) is 59.9 Å². The number of ether oxygens (including phenoxy) is 1. The van der Waals surface area contributed by atoms with Crippen LogP contribution in [-0.2, 0) is 16.1 Å². The molecule has 1 aliphatic heterocycles. The van der Waals surface area contributed by atoms with Gasteiger partial charge in [0.15, 0.2) is 11.5 Å². The molecule has 2 N–H and O–H groups in total. The first-order chi connectivity index (χ1) is 14.6. The lowest BCUT2D eigenvalue weighted by Crippen LogP contribution is -2.32. The van der Waals surface area contributed by atoms with Gasteiger partial charge in [-0.2, -0.15) is 0 Å². The summed E-state index contributed by atoms with van der Waals surface area (Å²) in [5.74, 6) is -2.13. The minimum Gasteiger partial charge on any atom is -0.503 e. The van der Waals surface area contributed by atoms with Crippen LogP contribution in [0.25, 0.3) is 0 Å². The number of aliphatic hydroxyl groups is 1. The summed E-state index contributed by atoms with van der Waals surface area (Å²) < 4.78 is 5.46. The van der Waals surface area contributed by atoms with Gasteiger partial charge in [-0.1, -0.05) is 51.1 Å². The molecule has 0 spiro atoms. The van der Waals surface area contributed by atoms with Crippen LogP contribution in [0.3, 0.4) is 0 Å². The molecule has 1 amide bonds. The van der Waals surface area contributed by atoms with Gasteiger partial charge >= 0.3 is 5.97 Å². The van der Waals surface area contributed by atoms with Gasteiger partial charge in [0.2, 0.25) is 0 Å². The number of rotatable bonds is 6. The molecule has 0 fully saturated rings. The largest absolute Gasteiger partial charge is 0.503 e. The van der Waals surface area contributed by atoms with Crippen LogP contribution in [0, 0.1) is 5.41 Å². The summed E-state index contributed by atoms with van der Waals surface area (Å²) in [5, 5.41) is 19.8. The first-order valence-corrected chi connectivity index (χ1v) is 9.80. The molecule has 7 nitrogen and oxygen atoms in total. The van der Waals surface area contributed by atoms with Crippen molar-refractivity contribution >= 4 is 17.7 Å². The molecule has 0 saturated carbocycles. The fourth-order valence-corrected chi connectivity index (χ4v) is 3.62. The molecule has 1 heterocycles. The molecule has 2 aromatic carbocycles. The maximum atomic E-state index is 13.2. The fraction of sp³-hybridized carbons (Fsp3) is 0.292. The second-order valence-electron chi connectivity index (χ2n) is 8.42. The maximum absolute atomic E-state index is 13.2. The Hall–Kier alpha value is -3.61. The zero-order valence-corrected chi connectivity index (χ0v) is 17.9. The third-order valence-electron chi connectivity index (χ3n) is 5.22. The molecule has 0 bridgehead atoms. The van der Waals surface area contributed by atoms with Crippen molar-refractivity contribution in [1.29, 1.82) is 0 Å². The van der Waals surface area contributed by atoms with Gasteiger partial charge in [0.25, 0.3) is 5.91 Å². The van der Waals surface area contributed by atoms with Gasteiger partial charge in [0, 0.05) is 17.5 Å². The van der Waals surface area contributed by atoms with Crippen LogP contribution in [0.1, 0.15) is 48.3 Å². The van der Waals surface area contributed by atoms with Crippen LogP contribution in [-0.4, -0.2) is 39.9 Å². The van der Waals surface area contributed by atoms with Crippen molar-refractivity contribution < 1.29 is 29.3 Å². The standard InChI is InChI=1S/C24H25NO6/c1-24(2,3)21(27)18-19(16-7-5-6-8-17(16)31-4)25(22(28)20(18)26)13-14-9-11-15(12-10-14)23(29)30/h5-12,19,26H,13H2,1-4H3,(H,29,30). The average Bonchev–Trinajstić information content (AvgIpc) is 2.97. The molecule has 31 heavy (non-hydrogen) atoms. The highest BCUT2D eigenvalue weighted by molar-refractivity contribution is 6.10. The lowest BCUT2D eigenvalue weighted by Gasteiger charge is -2.30. The van der Waals surface area contributed by atoms with E-state index in [-0.39, 0.29) is 23.5 Å². The second-order valence-corrected chi connectivity index (χ2v) is 8.42. The third-order valence-corrected chi connectivity index (χ3v) is 5.22. The highest BCUT2D eigenvalue weighted by atomic mass is 16.5. The summed E-state index contributed by atoms with van der Waals surface area (Å²) in [6.45, 7) is 5.26. The average molecular weight is 423 g/mol. The molecule has 2 aromatic rings. The SMILES string of the molecule is COc1ccccc1C1C(C(=O)C(C)(C)C)=C(O)C(=O)N1Cc1ccc(C(=O)O)cc1. The molecule has 7 heteroatoms. The number of aromatic carboxylic acids is 1. The minimum absolute atomic E-state index is 0.0316. The van der Waals surface area contributed by atoms with Gasteiger partial charge in [0.05, 0.1) is 24.3 Å². The van der Waals surface area contributed by atoms with E-state index in [2.05, 4.69) is 0 Å². The number of carbonyl (C=O) groups excluding carboxylic acids is 2. The van der Waals surface area contributed by atoms with Crippen molar-refractivity contribution in [3.63, 3.8) is 0 Å². The van der Waals surface area contributed by atoms with E-state index >= 15 is 0 Å². The van der Waals surface area contributed by atoms with Crippen LogP contribution < -0.4 is 4.74 Å². The predicted octanol–water partition coefficient (Wildman–Crippen LogP) is 3.90. The lowest BCUT2D eigenvalue weighted by atomic mass is 9.82. The van der Waals surface area contributed by atoms with Gasteiger partial charge in [-0.3, -0.25) is 9.59 Å². The van der Waals surface area contributed by atoms with Crippen molar-refractivity contribution in [2.45, 2.75) is 33.4 Å². The number of para-hydroxylation sites is 1. The van der Waals surface area contributed by atoms with Crippen molar-refractivity contribution in [1.82, 2.24) is 4.90 Å². The lowest BCUT2D eigenvalue weighted by molar-refractivity contribution is -0.130. The monoisotopic (exact) mass is 423 g/mol. The molecule has 1 aliphatic rings. The smallest absolute Gasteiger partial charge is 0.335 e. The molecule has 1 atom stereocenters. The van der Waals surface area contributed by atoms with Crippen molar-refractivity contribution in [3.8, 4) is 5.75 Å². The summed E-state index contributed by atoms with van der Waals surface area (Å²) in [6.07, 6.45) is 0. The Kier molecular flexibility index (Phi) is 5.88. The zero-order chi connectivity index (χ0) is 22.9. The summed E-state index contributed by atoms with van der Waals surface area (Å²) in [7, 11) is 1.50. The Morgan fingerprint density at radius 2 is 1.68 bits per heavy atom. The van der Waals surface area contributed by atoms with E-state index in [1.165, 1.54) is 24.1 Å². The number of benzene rings is 2. The number of nitrogens with zero attached hydrogens (tertiary/aromatic N) is 1. The van der Waals surface area contributed by atoms with Crippen molar-refractivity contribution in [2.24, 2.45) is 5.41 Å². The first kappa shape index (κ1) is 22.1. The Bertz CT molecular complexity index is 1060. The van der Waals surface area contributed by atoms with Gasteiger partial charge in [-0.25, -0.2) is 4.79 Å². The Balaban J connectivity index is 2.10. The summed E-state index contributed by atoms with van der Waals surface area (Å²) >= 11 is 0. The maximum Gasteiger partial charge on any atom is 0.335 e. The van der Waals surface area contributed by atoms with Crippen LogP contribution in [0.5, 0.6) is 5.75 Å². The molecule has 1 unspecified atom stereocenters. The van der Waals surface area contributed by atoms with E-state index in [0.29, 0.717) is 16.9 Å². The molecule has 162 valence electrons. The van der Waals surface area contributed by atoms with Crippen LogP contribution in [0.4, 0.5) is 0 Å². The number of amides is 1. The number of ketones is 1. The molecule has 3 rings (SSSR count). The topological polar surface area (TPSA) is 104 Å².